The van der Waals surface area contributed by atoms with Crippen molar-refractivity contribution in [2.75, 3.05) is 26.7 Å². The van der Waals surface area contributed by atoms with Crippen molar-refractivity contribution in [3.05, 3.63) is 30.1 Å². The van der Waals surface area contributed by atoms with Gasteiger partial charge in [0, 0.05) is 13.6 Å². The fourth-order valence-electron chi connectivity index (χ4n) is 2.39. The van der Waals surface area contributed by atoms with Crippen LogP contribution in [0.1, 0.15) is 12.8 Å². The van der Waals surface area contributed by atoms with Crippen molar-refractivity contribution >= 4 is 5.91 Å². The second-order valence-electron chi connectivity index (χ2n) is 4.59. The molecule has 1 aromatic rings. The third kappa shape index (κ3) is 3.44. The SMILES string of the molecule is CNC(=O)[C@H]1CCCN1CCOc1ccccc1F. The minimum Gasteiger partial charge on any atom is -0.489 e. The van der Waals surface area contributed by atoms with Gasteiger partial charge in [-0.05, 0) is 31.5 Å². The lowest BCUT2D eigenvalue weighted by atomic mass is 10.2. The van der Waals surface area contributed by atoms with E-state index in [4.69, 9.17) is 4.74 Å². The van der Waals surface area contributed by atoms with E-state index in [2.05, 4.69) is 10.2 Å². The van der Waals surface area contributed by atoms with E-state index in [1.54, 1.807) is 25.2 Å². The van der Waals surface area contributed by atoms with Gasteiger partial charge in [0.2, 0.25) is 5.91 Å². The number of nitrogens with zero attached hydrogens (tertiary/aromatic N) is 1. The molecule has 1 saturated heterocycles. The van der Waals surface area contributed by atoms with Crippen molar-refractivity contribution in [1.29, 1.82) is 0 Å². The maximum Gasteiger partial charge on any atom is 0.237 e. The quantitative estimate of drug-likeness (QED) is 0.876. The molecular formula is C14H19FN2O2. The van der Waals surface area contributed by atoms with Gasteiger partial charge in [-0.1, -0.05) is 12.1 Å². The molecule has 0 saturated carbocycles. The van der Waals surface area contributed by atoms with Gasteiger partial charge in [-0.2, -0.15) is 0 Å². The zero-order valence-electron chi connectivity index (χ0n) is 11.1. The standard InChI is InChI=1S/C14H19FN2O2/c1-16-14(18)12-6-4-8-17(12)9-10-19-13-7-3-2-5-11(13)15/h2-3,5,7,12H,4,6,8-10H2,1H3,(H,16,18)/t12-/m1/s1. The number of hydrogen-bond acceptors (Lipinski definition) is 3. The van der Waals surface area contributed by atoms with E-state index >= 15 is 0 Å². The summed E-state index contributed by atoms with van der Waals surface area (Å²) in [5, 5.41) is 2.67. The third-order valence-corrected chi connectivity index (χ3v) is 3.39. The highest BCUT2D eigenvalue weighted by atomic mass is 19.1. The van der Waals surface area contributed by atoms with Crippen LogP contribution in [0.15, 0.2) is 24.3 Å². The molecule has 0 aromatic heterocycles. The van der Waals surface area contributed by atoms with Gasteiger partial charge in [-0.25, -0.2) is 4.39 Å². The average molecular weight is 266 g/mol. The van der Waals surface area contributed by atoms with Crippen LogP contribution in [0.3, 0.4) is 0 Å². The van der Waals surface area contributed by atoms with Crippen molar-refractivity contribution in [1.82, 2.24) is 10.2 Å². The topological polar surface area (TPSA) is 41.6 Å². The molecule has 0 aliphatic carbocycles. The number of nitrogens with one attached hydrogen (secondary N) is 1. The highest BCUT2D eigenvalue weighted by Crippen LogP contribution is 2.18. The zero-order chi connectivity index (χ0) is 13.7. The number of para-hydroxylation sites is 1. The Kier molecular flexibility index (Phi) is 4.74. The predicted octanol–water partition coefficient (Wildman–Crippen LogP) is 1.41. The molecule has 1 atom stereocenters. The van der Waals surface area contributed by atoms with E-state index in [0.29, 0.717) is 13.2 Å². The van der Waals surface area contributed by atoms with Crippen LogP contribution in [-0.2, 0) is 4.79 Å². The monoisotopic (exact) mass is 266 g/mol. The molecule has 4 nitrogen and oxygen atoms in total. The summed E-state index contributed by atoms with van der Waals surface area (Å²) in [5.41, 5.74) is 0. The number of hydrogen-bond donors (Lipinski definition) is 1. The molecule has 0 unspecified atom stereocenters. The van der Waals surface area contributed by atoms with E-state index in [0.717, 1.165) is 19.4 Å². The number of carbonyl (C=O) groups excluding carboxylic acids is 1. The number of halogens is 1. The maximum absolute atomic E-state index is 13.3. The first-order valence-electron chi connectivity index (χ1n) is 6.55. The fourth-order valence-corrected chi connectivity index (χ4v) is 2.39. The Labute approximate surface area is 112 Å². The van der Waals surface area contributed by atoms with Gasteiger partial charge in [-0.15, -0.1) is 0 Å². The number of ether oxygens (including phenoxy) is 1. The molecule has 0 bridgehead atoms. The normalized spacial score (nSPS) is 19.4. The largest absolute Gasteiger partial charge is 0.489 e. The summed E-state index contributed by atoms with van der Waals surface area (Å²) in [5.74, 6) is -0.0478. The van der Waals surface area contributed by atoms with Crippen LogP contribution in [0.5, 0.6) is 5.75 Å². The lowest BCUT2D eigenvalue weighted by Crippen LogP contribution is -2.43. The highest BCUT2D eigenvalue weighted by Gasteiger charge is 2.29. The molecule has 1 fully saturated rings. The second-order valence-corrected chi connectivity index (χ2v) is 4.59. The molecule has 104 valence electrons. The Bertz CT molecular complexity index is 439. The summed E-state index contributed by atoms with van der Waals surface area (Å²) < 4.78 is 18.8. The molecule has 5 heteroatoms. The van der Waals surface area contributed by atoms with Crippen LogP contribution in [-0.4, -0.2) is 43.6 Å². The molecule has 2 rings (SSSR count). The van der Waals surface area contributed by atoms with Crippen LogP contribution in [0, 0.1) is 5.82 Å². The molecule has 19 heavy (non-hydrogen) atoms. The molecule has 1 amide bonds. The molecule has 1 aliphatic heterocycles. The summed E-state index contributed by atoms with van der Waals surface area (Å²) in [6, 6.07) is 6.27. The Hall–Kier alpha value is -1.62. The summed E-state index contributed by atoms with van der Waals surface area (Å²) in [7, 11) is 1.65. The van der Waals surface area contributed by atoms with Crippen LogP contribution < -0.4 is 10.1 Å². The number of carbonyl (C=O) groups is 1. The summed E-state index contributed by atoms with van der Waals surface area (Å²) >= 11 is 0. The Morgan fingerprint density at radius 2 is 2.32 bits per heavy atom. The van der Waals surface area contributed by atoms with Crippen molar-refractivity contribution < 1.29 is 13.9 Å². The second kappa shape index (κ2) is 6.52. The number of amides is 1. The molecule has 1 heterocycles. The maximum atomic E-state index is 13.3. The van der Waals surface area contributed by atoms with Gasteiger partial charge in [0.05, 0.1) is 6.04 Å². The summed E-state index contributed by atoms with van der Waals surface area (Å²) in [4.78, 5) is 13.7. The van der Waals surface area contributed by atoms with Gasteiger partial charge in [0.15, 0.2) is 11.6 Å². The smallest absolute Gasteiger partial charge is 0.237 e. The van der Waals surface area contributed by atoms with E-state index < -0.39 is 0 Å². The molecule has 0 radical (unpaired) electrons. The summed E-state index contributed by atoms with van der Waals surface area (Å²) in [6.07, 6.45) is 1.89. The van der Waals surface area contributed by atoms with Crippen LogP contribution >= 0.6 is 0 Å². The molecule has 0 spiro atoms. The Morgan fingerprint density at radius 3 is 3.05 bits per heavy atom. The number of likely N-dealkylation sites (tertiary alicyclic amines) is 1. The van der Waals surface area contributed by atoms with Crippen LogP contribution in [0.25, 0.3) is 0 Å². The van der Waals surface area contributed by atoms with E-state index in [-0.39, 0.29) is 23.5 Å². The molecule has 1 aromatic carbocycles. The minimum absolute atomic E-state index is 0.0448. The molecular weight excluding hydrogens is 247 g/mol. The lowest BCUT2D eigenvalue weighted by Gasteiger charge is -2.22. The lowest BCUT2D eigenvalue weighted by molar-refractivity contribution is -0.125. The van der Waals surface area contributed by atoms with E-state index in [1.165, 1.54) is 6.07 Å². The van der Waals surface area contributed by atoms with Crippen molar-refractivity contribution in [3.8, 4) is 5.75 Å². The number of likely N-dealkylation sites (N-methyl/N-ethyl adjacent to an activating group) is 1. The van der Waals surface area contributed by atoms with Gasteiger partial charge in [-0.3, -0.25) is 9.69 Å². The van der Waals surface area contributed by atoms with Gasteiger partial charge >= 0.3 is 0 Å². The average Bonchev–Trinajstić information content (AvgIpc) is 2.88. The first kappa shape index (κ1) is 13.8. The van der Waals surface area contributed by atoms with Gasteiger partial charge in [0.1, 0.15) is 6.61 Å². The van der Waals surface area contributed by atoms with Gasteiger partial charge in [0.25, 0.3) is 0 Å². The van der Waals surface area contributed by atoms with Crippen molar-refractivity contribution in [2.24, 2.45) is 0 Å². The zero-order valence-corrected chi connectivity index (χ0v) is 11.1. The Balaban J connectivity index is 1.82. The van der Waals surface area contributed by atoms with Crippen molar-refractivity contribution in [2.45, 2.75) is 18.9 Å². The molecule has 1 aliphatic rings. The first-order chi connectivity index (χ1) is 9.22. The van der Waals surface area contributed by atoms with Crippen LogP contribution in [0.4, 0.5) is 4.39 Å². The van der Waals surface area contributed by atoms with E-state index in [9.17, 15) is 9.18 Å². The van der Waals surface area contributed by atoms with Crippen LogP contribution in [0.2, 0.25) is 0 Å². The third-order valence-electron chi connectivity index (χ3n) is 3.39. The number of rotatable bonds is 5. The highest BCUT2D eigenvalue weighted by molar-refractivity contribution is 5.81. The minimum atomic E-state index is -0.355. The fraction of sp³-hybridized carbons (Fsp3) is 0.500. The van der Waals surface area contributed by atoms with E-state index in [1.807, 2.05) is 0 Å². The predicted molar refractivity (Wildman–Crippen MR) is 70.6 cm³/mol. The first-order valence-corrected chi connectivity index (χ1v) is 6.55. The number of benzene rings is 1. The summed E-state index contributed by atoms with van der Waals surface area (Å²) in [6.45, 7) is 1.90. The van der Waals surface area contributed by atoms with Gasteiger partial charge < -0.3 is 10.1 Å². The molecule has 1 N–H and O–H groups in total. The Morgan fingerprint density at radius 1 is 1.53 bits per heavy atom. The van der Waals surface area contributed by atoms with Crippen molar-refractivity contribution in [3.63, 3.8) is 0 Å².